The first-order valence-electron chi connectivity index (χ1n) is 6.32. The van der Waals surface area contributed by atoms with Crippen LogP contribution in [-0.4, -0.2) is 51.6 Å². The number of aromatic nitrogens is 2. The van der Waals surface area contributed by atoms with Gasteiger partial charge in [-0.15, -0.1) is 0 Å². The fourth-order valence-corrected chi connectivity index (χ4v) is 2.67. The molecule has 1 fully saturated rings. The van der Waals surface area contributed by atoms with Crippen LogP contribution in [0.5, 0.6) is 0 Å². The summed E-state index contributed by atoms with van der Waals surface area (Å²) in [5.41, 5.74) is -0.444. The van der Waals surface area contributed by atoms with Gasteiger partial charge >= 0.3 is 6.09 Å². The maximum Gasteiger partial charge on any atom is 0.410 e. The molecule has 1 amide bonds. The van der Waals surface area contributed by atoms with Crippen LogP contribution in [0.15, 0.2) is 18.7 Å². The number of hydrogen-bond donors (Lipinski definition) is 0. The summed E-state index contributed by atoms with van der Waals surface area (Å²) < 4.78 is 9.43. The number of hydrogen-bond acceptors (Lipinski definition) is 5. The van der Waals surface area contributed by atoms with E-state index in [0.717, 1.165) is 12.3 Å². The van der Waals surface area contributed by atoms with Crippen molar-refractivity contribution in [2.75, 3.05) is 29.8 Å². The van der Waals surface area contributed by atoms with Crippen molar-refractivity contribution in [1.29, 1.82) is 0 Å². The van der Waals surface area contributed by atoms with Crippen molar-refractivity contribution < 1.29 is 9.53 Å². The summed E-state index contributed by atoms with van der Waals surface area (Å²) >= 11 is 1.69. The van der Waals surface area contributed by atoms with Gasteiger partial charge in [0.2, 0.25) is 0 Å². The highest BCUT2D eigenvalue weighted by atomic mass is 32.2. The molecular weight excluding hydrogens is 264 g/mol. The van der Waals surface area contributed by atoms with E-state index in [0.29, 0.717) is 13.1 Å². The van der Waals surface area contributed by atoms with Crippen molar-refractivity contribution in [1.82, 2.24) is 14.6 Å². The van der Waals surface area contributed by atoms with Crippen molar-refractivity contribution in [3.05, 3.63) is 18.7 Å². The number of amides is 1. The highest BCUT2D eigenvalue weighted by Crippen LogP contribution is 2.16. The Labute approximate surface area is 117 Å². The minimum Gasteiger partial charge on any atom is -0.444 e. The lowest BCUT2D eigenvalue weighted by Crippen LogP contribution is -2.40. The quantitative estimate of drug-likeness (QED) is 0.735. The lowest BCUT2D eigenvalue weighted by Gasteiger charge is -2.26. The van der Waals surface area contributed by atoms with E-state index in [4.69, 9.17) is 4.74 Å². The molecule has 0 radical (unpaired) electrons. The molecule has 0 bridgehead atoms. The second kappa shape index (κ2) is 5.73. The van der Waals surface area contributed by atoms with Crippen molar-refractivity contribution in [2.45, 2.75) is 26.4 Å². The third-order valence-electron chi connectivity index (χ3n) is 2.56. The van der Waals surface area contributed by atoms with E-state index in [2.05, 4.69) is 9.40 Å². The van der Waals surface area contributed by atoms with Crippen LogP contribution in [0.3, 0.4) is 0 Å². The topological polar surface area (TPSA) is 50.6 Å². The lowest BCUT2D eigenvalue weighted by molar-refractivity contribution is 0.0269. The molecule has 0 aliphatic carbocycles. The van der Waals surface area contributed by atoms with Gasteiger partial charge in [-0.2, -0.15) is 0 Å². The Bertz CT molecular complexity index is 416. The molecule has 1 aromatic rings. The smallest absolute Gasteiger partial charge is 0.410 e. The molecule has 0 spiro atoms. The Morgan fingerprint density at radius 2 is 2.11 bits per heavy atom. The van der Waals surface area contributed by atoms with Crippen LogP contribution in [0.2, 0.25) is 0 Å². The third kappa shape index (κ3) is 4.05. The van der Waals surface area contributed by atoms with E-state index in [9.17, 15) is 4.79 Å². The molecule has 106 valence electrons. The molecule has 0 atom stereocenters. The van der Waals surface area contributed by atoms with Gasteiger partial charge in [0, 0.05) is 31.2 Å². The monoisotopic (exact) mass is 284 g/mol. The zero-order valence-corrected chi connectivity index (χ0v) is 12.4. The molecule has 0 unspecified atom stereocenters. The standard InChI is InChI=1S/C12H20N4O2S/c1-12(2,3)18-11(17)14-6-7-16(19-9-8-14)15-5-4-13-10-15/h4-5,10H,6-9H2,1-3H3. The van der Waals surface area contributed by atoms with Crippen molar-refractivity contribution >= 4 is 18.0 Å². The molecule has 1 aliphatic heterocycles. The van der Waals surface area contributed by atoms with Crippen LogP contribution in [0, 0.1) is 0 Å². The summed E-state index contributed by atoms with van der Waals surface area (Å²) in [5, 5.41) is 0. The van der Waals surface area contributed by atoms with Gasteiger partial charge in [0.1, 0.15) is 11.9 Å². The van der Waals surface area contributed by atoms with Crippen LogP contribution < -0.4 is 4.41 Å². The zero-order valence-electron chi connectivity index (χ0n) is 11.6. The molecule has 1 saturated heterocycles. The van der Waals surface area contributed by atoms with Gasteiger partial charge in [-0.3, -0.25) is 4.41 Å². The predicted octanol–water partition coefficient (Wildman–Crippen LogP) is 1.72. The van der Waals surface area contributed by atoms with E-state index in [-0.39, 0.29) is 6.09 Å². The molecule has 7 heteroatoms. The Hall–Kier alpha value is -1.37. The number of carbonyl (C=O) groups excluding carboxylic acids is 1. The average Bonchev–Trinajstić information content (AvgIpc) is 2.71. The fraction of sp³-hybridized carbons (Fsp3) is 0.667. The molecule has 6 nitrogen and oxygen atoms in total. The summed E-state index contributed by atoms with van der Waals surface area (Å²) in [4.78, 5) is 17.8. The number of nitrogens with zero attached hydrogens (tertiary/aromatic N) is 4. The van der Waals surface area contributed by atoms with Crippen LogP contribution >= 0.6 is 11.9 Å². The van der Waals surface area contributed by atoms with Gasteiger partial charge < -0.3 is 9.64 Å². The van der Waals surface area contributed by atoms with Crippen LogP contribution in [-0.2, 0) is 4.74 Å². The zero-order chi connectivity index (χ0) is 13.9. The lowest BCUT2D eigenvalue weighted by atomic mass is 10.2. The van der Waals surface area contributed by atoms with E-state index < -0.39 is 5.60 Å². The Morgan fingerprint density at radius 3 is 2.74 bits per heavy atom. The van der Waals surface area contributed by atoms with Gasteiger partial charge in [0.15, 0.2) is 0 Å². The van der Waals surface area contributed by atoms with E-state index in [1.807, 2.05) is 31.6 Å². The van der Waals surface area contributed by atoms with Crippen molar-refractivity contribution in [3.8, 4) is 0 Å². The average molecular weight is 284 g/mol. The van der Waals surface area contributed by atoms with Gasteiger partial charge in [0.25, 0.3) is 0 Å². The molecular formula is C12H20N4O2S. The Balaban J connectivity index is 1.91. The van der Waals surface area contributed by atoms with Crippen LogP contribution in [0.4, 0.5) is 4.79 Å². The highest BCUT2D eigenvalue weighted by molar-refractivity contribution is 8.00. The third-order valence-corrected chi connectivity index (χ3v) is 3.60. The molecule has 0 N–H and O–H groups in total. The first-order chi connectivity index (χ1) is 8.96. The minimum atomic E-state index is -0.444. The second-order valence-electron chi connectivity index (χ2n) is 5.32. The van der Waals surface area contributed by atoms with E-state index in [1.165, 1.54) is 0 Å². The number of ether oxygens (including phenoxy) is 1. The maximum atomic E-state index is 12.0. The molecule has 0 aromatic carbocycles. The first kappa shape index (κ1) is 14.0. The minimum absolute atomic E-state index is 0.236. The molecule has 1 aromatic heterocycles. The van der Waals surface area contributed by atoms with E-state index in [1.54, 1.807) is 29.4 Å². The Kier molecular flexibility index (Phi) is 4.24. The van der Waals surface area contributed by atoms with E-state index >= 15 is 0 Å². The normalized spacial score (nSPS) is 17.2. The second-order valence-corrected chi connectivity index (χ2v) is 6.41. The SMILES string of the molecule is CC(C)(C)OC(=O)N1CCSN(n2ccnc2)CC1. The van der Waals surface area contributed by atoms with Gasteiger partial charge in [0.05, 0.1) is 6.54 Å². The largest absolute Gasteiger partial charge is 0.444 e. The molecule has 2 rings (SSSR count). The van der Waals surface area contributed by atoms with Gasteiger partial charge in [-0.1, -0.05) is 0 Å². The summed E-state index contributed by atoms with van der Waals surface area (Å²) in [7, 11) is 0. The molecule has 0 saturated carbocycles. The predicted molar refractivity (Wildman–Crippen MR) is 75.6 cm³/mol. The Morgan fingerprint density at radius 1 is 1.32 bits per heavy atom. The fourth-order valence-electron chi connectivity index (χ4n) is 1.71. The van der Waals surface area contributed by atoms with Crippen LogP contribution in [0.25, 0.3) is 0 Å². The van der Waals surface area contributed by atoms with Gasteiger partial charge in [-0.05, 0) is 32.7 Å². The summed E-state index contributed by atoms with van der Waals surface area (Å²) in [5.74, 6) is 0.845. The summed E-state index contributed by atoms with van der Waals surface area (Å²) in [6.45, 7) is 7.75. The summed E-state index contributed by atoms with van der Waals surface area (Å²) in [6, 6.07) is 0. The maximum absolute atomic E-state index is 12.0. The van der Waals surface area contributed by atoms with Crippen molar-refractivity contribution in [3.63, 3.8) is 0 Å². The molecule has 2 heterocycles. The number of rotatable bonds is 1. The summed E-state index contributed by atoms with van der Waals surface area (Å²) in [6.07, 6.45) is 5.17. The first-order valence-corrected chi connectivity index (χ1v) is 7.26. The molecule has 1 aliphatic rings. The van der Waals surface area contributed by atoms with Crippen LogP contribution in [0.1, 0.15) is 20.8 Å². The van der Waals surface area contributed by atoms with Gasteiger partial charge in [-0.25, -0.2) is 14.5 Å². The molecule has 19 heavy (non-hydrogen) atoms. The highest BCUT2D eigenvalue weighted by Gasteiger charge is 2.24. The number of imidazole rings is 1. The number of carbonyl (C=O) groups is 1. The van der Waals surface area contributed by atoms with Crippen molar-refractivity contribution in [2.24, 2.45) is 0 Å².